The first-order chi connectivity index (χ1) is 20.1. The van der Waals surface area contributed by atoms with E-state index in [1.165, 1.54) is 6.20 Å². The van der Waals surface area contributed by atoms with Crippen LogP contribution in [0.3, 0.4) is 0 Å². The lowest BCUT2D eigenvalue weighted by atomic mass is 9.95. The van der Waals surface area contributed by atoms with Gasteiger partial charge < -0.3 is 24.8 Å². The van der Waals surface area contributed by atoms with Gasteiger partial charge in [-0.3, -0.25) is 9.88 Å². The molecule has 2 bridgehead atoms. The predicted molar refractivity (Wildman–Crippen MR) is 142 cm³/mol. The first kappa shape index (κ1) is 27.3. The summed E-state index contributed by atoms with van der Waals surface area (Å²) in [5.41, 5.74) is -1.83. The van der Waals surface area contributed by atoms with Gasteiger partial charge in [-0.15, -0.1) is 13.2 Å². The normalized spacial score (nSPS) is 27.5. The SMILES string of the molecule is Oc1cccc(OC(F)(F)F)c1-c1ncc2c(N3C[C@H]4CC[C@@H](C3)N4)nc(OCC34CCCN3CC(F)C4)nc2c1F. The van der Waals surface area contributed by atoms with E-state index < -0.39 is 46.6 Å². The number of halogens is 5. The molecule has 4 aliphatic rings. The standard InChI is InChI=1S/C28H29F5N6O3/c29-15-9-27(7-2-8-39(27)11-15)14-41-26-36-23-18(25(37-26)38-12-16-5-6-17(13-38)35-16)10-34-24(22(23)30)21-19(40)3-1-4-20(21)42-28(31,32)33/h1,3-4,10,15-17,35,40H,2,5-9,11-14H2/t15?,16-,17+,27?. The average Bonchev–Trinajstić information content (AvgIpc) is 3.58. The number of phenolic OH excluding ortho intramolecular Hbond substituents is 1. The van der Waals surface area contributed by atoms with E-state index >= 15 is 4.39 Å². The lowest BCUT2D eigenvalue weighted by molar-refractivity contribution is -0.274. The maximum absolute atomic E-state index is 16.3. The van der Waals surface area contributed by atoms with Crippen molar-refractivity contribution in [3.05, 3.63) is 30.2 Å². The summed E-state index contributed by atoms with van der Waals surface area (Å²) in [7, 11) is 0. The summed E-state index contributed by atoms with van der Waals surface area (Å²) >= 11 is 0. The van der Waals surface area contributed by atoms with E-state index in [9.17, 15) is 22.7 Å². The third-order valence-electron chi connectivity index (χ3n) is 8.86. The van der Waals surface area contributed by atoms with Crippen molar-refractivity contribution in [1.29, 1.82) is 0 Å². The maximum atomic E-state index is 16.3. The summed E-state index contributed by atoms with van der Waals surface area (Å²) < 4.78 is 80.2. The third kappa shape index (κ3) is 4.83. The van der Waals surface area contributed by atoms with E-state index in [1.807, 2.05) is 4.90 Å². The molecule has 2 unspecified atom stereocenters. The number of aromatic nitrogens is 3. The van der Waals surface area contributed by atoms with Crippen LogP contribution in [0.2, 0.25) is 0 Å². The topological polar surface area (TPSA) is 95.9 Å². The van der Waals surface area contributed by atoms with Gasteiger partial charge in [-0.05, 0) is 44.4 Å². The Morgan fingerprint density at radius 1 is 1.12 bits per heavy atom. The van der Waals surface area contributed by atoms with Gasteiger partial charge in [0.1, 0.15) is 41.3 Å². The van der Waals surface area contributed by atoms with Gasteiger partial charge in [-0.1, -0.05) is 6.07 Å². The number of pyridine rings is 1. The van der Waals surface area contributed by atoms with Crippen molar-refractivity contribution in [1.82, 2.24) is 25.2 Å². The van der Waals surface area contributed by atoms with Gasteiger partial charge in [-0.2, -0.15) is 9.97 Å². The van der Waals surface area contributed by atoms with Crippen molar-refractivity contribution >= 4 is 16.7 Å². The van der Waals surface area contributed by atoms with Crippen molar-refractivity contribution in [3.63, 3.8) is 0 Å². The largest absolute Gasteiger partial charge is 0.573 e. The third-order valence-corrected chi connectivity index (χ3v) is 8.86. The van der Waals surface area contributed by atoms with Crippen LogP contribution in [0.15, 0.2) is 24.4 Å². The number of benzene rings is 1. The molecule has 1 aromatic carbocycles. The number of nitrogens with zero attached hydrogens (tertiary/aromatic N) is 5. The summed E-state index contributed by atoms with van der Waals surface area (Å²) in [6.45, 7) is 2.44. The average molecular weight is 593 g/mol. The summed E-state index contributed by atoms with van der Waals surface area (Å²) in [6.07, 6.45) is -0.779. The second-order valence-corrected chi connectivity index (χ2v) is 11.6. The van der Waals surface area contributed by atoms with Crippen LogP contribution in [0.5, 0.6) is 17.5 Å². The summed E-state index contributed by atoms with van der Waals surface area (Å²) in [5.74, 6) is -2.11. The molecule has 4 saturated heterocycles. The smallest absolute Gasteiger partial charge is 0.507 e. The molecule has 4 fully saturated rings. The molecule has 0 saturated carbocycles. The number of rotatable bonds is 6. The van der Waals surface area contributed by atoms with Crippen molar-refractivity contribution in [3.8, 4) is 28.8 Å². The van der Waals surface area contributed by atoms with Gasteiger partial charge >= 0.3 is 12.4 Å². The highest BCUT2D eigenvalue weighted by Crippen LogP contribution is 2.43. The molecule has 2 N–H and O–H groups in total. The van der Waals surface area contributed by atoms with E-state index in [0.717, 1.165) is 50.4 Å². The molecule has 42 heavy (non-hydrogen) atoms. The highest BCUT2D eigenvalue weighted by atomic mass is 19.4. The highest BCUT2D eigenvalue weighted by Gasteiger charge is 2.49. The zero-order valence-electron chi connectivity index (χ0n) is 22.5. The molecule has 7 rings (SSSR count). The Bertz CT molecular complexity index is 1510. The van der Waals surface area contributed by atoms with Crippen LogP contribution in [0.4, 0.5) is 27.8 Å². The molecule has 0 radical (unpaired) electrons. The second-order valence-electron chi connectivity index (χ2n) is 11.6. The van der Waals surface area contributed by atoms with Crippen molar-refractivity contribution in [2.45, 2.75) is 62.3 Å². The molecule has 9 nitrogen and oxygen atoms in total. The van der Waals surface area contributed by atoms with Crippen LogP contribution in [-0.2, 0) is 0 Å². The van der Waals surface area contributed by atoms with Crippen molar-refractivity contribution in [2.75, 3.05) is 37.7 Å². The van der Waals surface area contributed by atoms with Crippen LogP contribution in [0.25, 0.3) is 22.2 Å². The number of nitrogens with one attached hydrogen (secondary N) is 1. The molecule has 4 aliphatic heterocycles. The van der Waals surface area contributed by atoms with Crippen molar-refractivity contribution in [2.24, 2.45) is 0 Å². The molecule has 224 valence electrons. The molecule has 6 heterocycles. The Balaban J connectivity index is 1.32. The Kier molecular flexibility index (Phi) is 6.53. The molecule has 0 spiro atoms. The monoisotopic (exact) mass is 592 g/mol. The molecule has 4 atom stereocenters. The van der Waals surface area contributed by atoms with E-state index in [0.29, 0.717) is 31.9 Å². The number of phenols is 1. The molecule has 3 aromatic rings. The van der Waals surface area contributed by atoms with Gasteiger partial charge in [0.2, 0.25) is 0 Å². The van der Waals surface area contributed by atoms with E-state index in [2.05, 4.69) is 29.9 Å². The van der Waals surface area contributed by atoms with Gasteiger partial charge in [-0.25, -0.2) is 8.78 Å². The van der Waals surface area contributed by atoms with Crippen LogP contribution in [0, 0.1) is 5.82 Å². The van der Waals surface area contributed by atoms with Gasteiger partial charge in [0.05, 0.1) is 16.5 Å². The Hall–Kier alpha value is -3.52. The van der Waals surface area contributed by atoms with Gasteiger partial charge in [0.25, 0.3) is 0 Å². The van der Waals surface area contributed by atoms with E-state index in [4.69, 9.17) is 4.74 Å². The lowest BCUT2D eigenvalue weighted by Crippen LogP contribution is -2.51. The van der Waals surface area contributed by atoms with Gasteiger partial charge in [0.15, 0.2) is 5.82 Å². The number of anilines is 1. The first-order valence-corrected chi connectivity index (χ1v) is 14.1. The van der Waals surface area contributed by atoms with Crippen molar-refractivity contribution < 1.29 is 36.5 Å². The summed E-state index contributed by atoms with van der Waals surface area (Å²) in [4.78, 5) is 17.2. The highest BCUT2D eigenvalue weighted by molar-refractivity contribution is 5.93. The number of hydrogen-bond acceptors (Lipinski definition) is 9. The molecular formula is C28H29F5N6O3. The number of hydrogen-bond donors (Lipinski definition) is 2. The van der Waals surface area contributed by atoms with Crippen LogP contribution < -0.4 is 19.7 Å². The minimum Gasteiger partial charge on any atom is -0.507 e. The summed E-state index contributed by atoms with van der Waals surface area (Å²) in [6, 6.07) is 3.57. The lowest BCUT2D eigenvalue weighted by Gasteiger charge is -2.34. The number of fused-ring (bicyclic) bond motifs is 4. The van der Waals surface area contributed by atoms with E-state index in [1.54, 1.807) is 0 Å². The maximum Gasteiger partial charge on any atom is 0.573 e. The van der Waals surface area contributed by atoms with Crippen LogP contribution in [-0.4, -0.2) is 87.9 Å². The van der Waals surface area contributed by atoms with E-state index in [-0.39, 0.29) is 35.6 Å². The quantitative estimate of drug-likeness (QED) is 0.406. The first-order valence-electron chi connectivity index (χ1n) is 14.1. The molecule has 2 aromatic heterocycles. The van der Waals surface area contributed by atoms with Gasteiger partial charge in [0, 0.05) is 44.3 Å². The number of aromatic hydroxyl groups is 1. The minimum absolute atomic E-state index is 0.119. The molecular weight excluding hydrogens is 563 g/mol. The number of ether oxygens (including phenoxy) is 2. The number of alkyl halides is 4. The minimum atomic E-state index is -5.08. The fraction of sp³-hybridized carbons (Fsp3) is 0.536. The van der Waals surface area contributed by atoms with Crippen LogP contribution in [0.1, 0.15) is 32.1 Å². The molecule has 0 amide bonds. The summed E-state index contributed by atoms with van der Waals surface area (Å²) in [5, 5.41) is 14.3. The zero-order valence-corrected chi connectivity index (χ0v) is 22.5. The Morgan fingerprint density at radius 2 is 1.90 bits per heavy atom. The second kappa shape index (κ2) is 10.0. The predicted octanol–water partition coefficient (Wildman–Crippen LogP) is 4.33. The molecule has 0 aliphatic carbocycles. The fourth-order valence-corrected chi connectivity index (χ4v) is 7.09. The Morgan fingerprint density at radius 3 is 2.67 bits per heavy atom. The zero-order chi connectivity index (χ0) is 29.2. The number of piperazine rings is 1. The van der Waals surface area contributed by atoms with Crippen LogP contribution >= 0.6 is 0 Å². The fourth-order valence-electron chi connectivity index (χ4n) is 7.09. The molecule has 14 heteroatoms. The Labute approximate surface area is 237 Å².